The van der Waals surface area contributed by atoms with Crippen molar-refractivity contribution in [1.29, 1.82) is 0 Å². The standard InChI is InChI=1S/C21H21F3N4O3/c1-11-15(19(30)26-13-9-5-6-10-14(13)29)20(31)28-18(25-11)16(12-7-3-2-4-8-12)17(27-28)21(22,23)24/h2-4,7-8,13-14,25,29H,5-6,9-10H2,1H3,(H,26,30)/t13-,14-/m0/s1. The number of H-pyrrole nitrogens is 1. The zero-order chi connectivity index (χ0) is 22.3. The van der Waals surface area contributed by atoms with Crippen LogP contribution in [0.2, 0.25) is 0 Å². The Kier molecular flexibility index (Phi) is 5.34. The van der Waals surface area contributed by atoms with Gasteiger partial charge in [-0.05, 0) is 25.3 Å². The Morgan fingerprint density at radius 3 is 2.55 bits per heavy atom. The van der Waals surface area contributed by atoms with Gasteiger partial charge in [0.05, 0.1) is 17.7 Å². The van der Waals surface area contributed by atoms with Crippen molar-refractivity contribution < 1.29 is 23.1 Å². The van der Waals surface area contributed by atoms with Crippen LogP contribution >= 0.6 is 0 Å². The number of alkyl halides is 3. The number of rotatable bonds is 3. The minimum absolute atomic E-state index is 0.117. The number of benzene rings is 1. The van der Waals surface area contributed by atoms with E-state index >= 15 is 0 Å². The zero-order valence-corrected chi connectivity index (χ0v) is 16.7. The first-order valence-corrected chi connectivity index (χ1v) is 9.95. The van der Waals surface area contributed by atoms with E-state index in [4.69, 9.17) is 0 Å². The van der Waals surface area contributed by atoms with Gasteiger partial charge in [0.2, 0.25) is 0 Å². The number of fused-ring (bicyclic) bond motifs is 1. The van der Waals surface area contributed by atoms with Crippen LogP contribution in [0.1, 0.15) is 47.4 Å². The molecule has 3 aromatic rings. The van der Waals surface area contributed by atoms with Gasteiger partial charge in [0.25, 0.3) is 11.5 Å². The maximum Gasteiger partial charge on any atom is 0.435 e. The number of aromatic amines is 1. The average molecular weight is 434 g/mol. The van der Waals surface area contributed by atoms with Crippen molar-refractivity contribution >= 4 is 11.6 Å². The van der Waals surface area contributed by atoms with Gasteiger partial charge < -0.3 is 15.4 Å². The van der Waals surface area contributed by atoms with Crippen LogP contribution in [0, 0.1) is 6.92 Å². The molecule has 3 N–H and O–H groups in total. The third kappa shape index (κ3) is 3.83. The number of nitrogens with zero attached hydrogens (tertiary/aromatic N) is 2. The van der Waals surface area contributed by atoms with Gasteiger partial charge in [-0.3, -0.25) is 9.59 Å². The van der Waals surface area contributed by atoms with Crippen LogP contribution in [0.15, 0.2) is 35.1 Å². The van der Waals surface area contributed by atoms with Crippen molar-refractivity contribution in [3.63, 3.8) is 0 Å². The highest BCUT2D eigenvalue weighted by Gasteiger charge is 2.39. The maximum absolute atomic E-state index is 13.7. The highest BCUT2D eigenvalue weighted by molar-refractivity contribution is 5.95. The molecule has 0 bridgehead atoms. The van der Waals surface area contributed by atoms with Crippen molar-refractivity contribution in [1.82, 2.24) is 19.9 Å². The van der Waals surface area contributed by atoms with E-state index < -0.39 is 35.5 Å². The molecule has 2 aromatic heterocycles. The zero-order valence-electron chi connectivity index (χ0n) is 16.7. The summed E-state index contributed by atoms with van der Waals surface area (Å²) in [4.78, 5) is 28.6. The number of hydrogen-bond donors (Lipinski definition) is 3. The second-order valence-electron chi connectivity index (χ2n) is 7.71. The Balaban J connectivity index is 1.86. The van der Waals surface area contributed by atoms with Crippen LogP contribution < -0.4 is 10.9 Å². The molecule has 1 fully saturated rings. The van der Waals surface area contributed by atoms with E-state index in [9.17, 15) is 27.9 Å². The summed E-state index contributed by atoms with van der Waals surface area (Å²) in [7, 11) is 0. The molecule has 1 aliphatic rings. The lowest BCUT2D eigenvalue weighted by Gasteiger charge is -2.28. The smallest absolute Gasteiger partial charge is 0.391 e. The normalized spacial score (nSPS) is 19.5. The summed E-state index contributed by atoms with van der Waals surface area (Å²) in [6.45, 7) is 1.45. The van der Waals surface area contributed by atoms with E-state index in [1.54, 1.807) is 18.2 Å². The molecule has 1 aliphatic carbocycles. The summed E-state index contributed by atoms with van der Waals surface area (Å²) in [5.74, 6) is -0.753. The quantitative estimate of drug-likeness (QED) is 0.590. The number of aromatic nitrogens is 3. The van der Waals surface area contributed by atoms with Crippen LogP contribution in [0.3, 0.4) is 0 Å². The Morgan fingerprint density at radius 2 is 1.90 bits per heavy atom. The summed E-state index contributed by atoms with van der Waals surface area (Å²) >= 11 is 0. The molecule has 31 heavy (non-hydrogen) atoms. The van der Waals surface area contributed by atoms with E-state index in [-0.39, 0.29) is 28.0 Å². The predicted octanol–water partition coefficient (Wildman–Crippen LogP) is 3.05. The molecule has 0 saturated heterocycles. The minimum atomic E-state index is -4.81. The molecule has 0 spiro atoms. The van der Waals surface area contributed by atoms with E-state index in [1.807, 2.05) is 0 Å². The van der Waals surface area contributed by atoms with Crippen LogP contribution in [-0.4, -0.2) is 37.8 Å². The topological polar surface area (TPSA) is 99.5 Å². The van der Waals surface area contributed by atoms with Crippen LogP contribution in [0.4, 0.5) is 13.2 Å². The van der Waals surface area contributed by atoms with Crippen molar-refractivity contribution in [3.05, 3.63) is 57.6 Å². The molecule has 164 valence electrons. The molecule has 1 aromatic carbocycles. The molecule has 0 aliphatic heterocycles. The van der Waals surface area contributed by atoms with Gasteiger partial charge in [-0.25, -0.2) is 0 Å². The SMILES string of the molecule is Cc1[nH]c2c(-c3ccccc3)c(C(F)(F)F)nn2c(=O)c1C(=O)N[C@H]1CCCC[C@@H]1O. The maximum atomic E-state index is 13.7. The predicted molar refractivity (Wildman–Crippen MR) is 107 cm³/mol. The van der Waals surface area contributed by atoms with E-state index in [1.165, 1.54) is 19.1 Å². The van der Waals surface area contributed by atoms with Gasteiger partial charge in [0.1, 0.15) is 11.2 Å². The van der Waals surface area contributed by atoms with Gasteiger partial charge in [-0.1, -0.05) is 43.2 Å². The first-order valence-electron chi connectivity index (χ1n) is 9.95. The number of amides is 1. The van der Waals surface area contributed by atoms with E-state index in [2.05, 4.69) is 15.4 Å². The minimum Gasteiger partial charge on any atom is -0.391 e. The third-order valence-electron chi connectivity index (χ3n) is 5.58. The number of aliphatic hydroxyl groups is 1. The van der Waals surface area contributed by atoms with Gasteiger partial charge in [0.15, 0.2) is 5.69 Å². The number of carbonyl (C=O) groups excluding carboxylic acids is 1. The van der Waals surface area contributed by atoms with Crippen LogP contribution in [0.25, 0.3) is 16.8 Å². The average Bonchev–Trinajstić information content (AvgIpc) is 3.10. The lowest BCUT2D eigenvalue weighted by atomic mass is 9.92. The van der Waals surface area contributed by atoms with Crippen molar-refractivity contribution in [2.75, 3.05) is 0 Å². The highest BCUT2D eigenvalue weighted by Crippen LogP contribution is 2.38. The number of carbonyl (C=O) groups is 1. The van der Waals surface area contributed by atoms with E-state index in [0.717, 1.165) is 12.8 Å². The number of halogens is 3. The van der Waals surface area contributed by atoms with E-state index in [0.29, 0.717) is 17.4 Å². The second kappa shape index (κ2) is 7.84. The van der Waals surface area contributed by atoms with Crippen molar-refractivity contribution in [3.8, 4) is 11.1 Å². The Hall–Kier alpha value is -3.14. The van der Waals surface area contributed by atoms with Gasteiger partial charge in [0, 0.05) is 5.69 Å². The first-order chi connectivity index (χ1) is 14.7. The fourth-order valence-electron chi connectivity index (χ4n) is 4.05. The molecular formula is C21H21F3N4O3. The molecule has 1 saturated carbocycles. The number of aryl methyl sites for hydroxylation is 1. The number of nitrogens with one attached hydrogen (secondary N) is 2. The molecular weight excluding hydrogens is 413 g/mol. The number of hydrogen-bond acceptors (Lipinski definition) is 4. The fourth-order valence-corrected chi connectivity index (χ4v) is 4.05. The first kappa shape index (κ1) is 21.1. The number of aliphatic hydroxyl groups excluding tert-OH is 1. The van der Waals surface area contributed by atoms with Gasteiger partial charge in [-0.15, -0.1) is 0 Å². The Morgan fingerprint density at radius 1 is 1.23 bits per heavy atom. The summed E-state index contributed by atoms with van der Waals surface area (Å²) in [6.07, 6.45) is -2.77. The van der Waals surface area contributed by atoms with Gasteiger partial charge >= 0.3 is 6.18 Å². The fraction of sp³-hybridized carbons (Fsp3) is 0.381. The second-order valence-corrected chi connectivity index (χ2v) is 7.71. The highest BCUT2D eigenvalue weighted by atomic mass is 19.4. The molecule has 0 radical (unpaired) electrons. The molecule has 10 heteroatoms. The molecule has 0 unspecified atom stereocenters. The van der Waals surface area contributed by atoms with Crippen molar-refractivity contribution in [2.45, 2.75) is 50.9 Å². The van der Waals surface area contributed by atoms with Crippen molar-refractivity contribution in [2.24, 2.45) is 0 Å². The lowest BCUT2D eigenvalue weighted by molar-refractivity contribution is -0.140. The van der Waals surface area contributed by atoms with Crippen LogP contribution in [0.5, 0.6) is 0 Å². The summed E-state index contributed by atoms with van der Waals surface area (Å²) in [6, 6.07) is 7.30. The molecule has 2 heterocycles. The van der Waals surface area contributed by atoms with Crippen LogP contribution in [-0.2, 0) is 6.18 Å². The lowest BCUT2D eigenvalue weighted by Crippen LogP contribution is -2.46. The molecule has 2 atom stereocenters. The summed E-state index contributed by atoms with van der Waals surface area (Å²) in [5.41, 5.74) is -2.55. The summed E-state index contributed by atoms with van der Waals surface area (Å²) < 4.78 is 41.7. The molecule has 1 amide bonds. The van der Waals surface area contributed by atoms with Gasteiger partial charge in [-0.2, -0.15) is 22.8 Å². The largest absolute Gasteiger partial charge is 0.435 e. The molecule has 4 rings (SSSR count). The Bertz CT molecular complexity index is 1180. The third-order valence-corrected chi connectivity index (χ3v) is 5.58. The molecule has 7 nitrogen and oxygen atoms in total. The Labute approximate surface area is 174 Å². The monoisotopic (exact) mass is 434 g/mol. The summed E-state index contributed by atoms with van der Waals surface area (Å²) in [5, 5.41) is 16.3.